The summed E-state index contributed by atoms with van der Waals surface area (Å²) in [4.78, 5) is 10.8. The summed E-state index contributed by atoms with van der Waals surface area (Å²) in [5.74, 6) is 0.170. The van der Waals surface area contributed by atoms with E-state index in [-0.39, 0.29) is 11.8 Å². The van der Waals surface area contributed by atoms with Crippen molar-refractivity contribution in [2.75, 3.05) is 6.61 Å². The van der Waals surface area contributed by atoms with Gasteiger partial charge in [-0.1, -0.05) is 22.9 Å². The van der Waals surface area contributed by atoms with Gasteiger partial charge in [0.25, 0.3) is 0 Å². The van der Waals surface area contributed by atoms with Crippen LogP contribution in [0, 0.1) is 12.8 Å². The minimum atomic E-state index is -0.343. The standard InChI is InChI=1S/C11H14BrNO2/c1-7-5-9(12)3-4-10(7)15-6-8(2)11(13)14/h3-5,8H,6H2,1-2H3,(H2,13,14). The van der Waals surface area contributed by atoms with Gasteiger partial charge in [-0.3, -0.25) is 4.79 Å². The molecule has 0 spiro atoms. The van der Waals surface area contributed by atoms with Gasteiger partial charge < -0.3 is 10.5 Å². The number of ether oxygens (including phenoxy) is 1. The summed E-state index contributed by atoms with van der Waals surface area (Å²) in [7, 11) is 0. The maximum absolute atomic E-state index is 10.8. The van der Waals surface area contributed by atoms with Crippen LogP contribution < -0.4 is 10.5 Å². The molecule has 0 saturated heterocycles. The van der Waals surface area contributed by atoms with Gasteiger partial charge in [0.2, 0.25) is 5.91 Å². The molecule has 4 heteroatoms. The van der Waals surface area contributed by atoms with Gasteiger partial charge in [-0.25, -0.2) is 0 Å². The Bertz CT molecular complexity index is 366. The number of carbonyl (C=O) groups excluding carboxylic acids is 1. The van der Waals surface area contributed by atoms with E-state index in [4.69, 9.17) is 10.5 Å². The van der Waals surface area contributed by atoms with Gasteiger partial charge in [0.15, 0.2) is 0 Å². The normalized spacial score (nSPS) is 12.2. The van der Waals surface area contributed by atoms with Crippen molar-refractivity contribution < 1.29 is 9.53 Å². The molecule has 2 N–H and O–H groups in total. The predicted molar refractivity (Wildman–Crippen MR) is 62.7 cm³/mol. The van der Waals surface area contributed by atoms with E-state index in [2.05, 4.69) is 15.9 Å². The van der Waals surface area contributed by atoms with Crippen LogP contribution in [-0.2, 0) is 4.79 Å². The molecule has 1 aromatic rings. The maximum Gasteiger partial charge on any atom is 0.223 e. The number of primary amides is 1. The highest BCUT2D eigenvalue weighted by atomic mass is 79.9. The molecule has 0 aromatic heterocycles. The summed E-state index contributed by atoms with van der Waals surface area (Å²) in [5.41, 5.74) is 6.16. The third-order valence-corrected chi connectivity index (χ3v) is 2.60. The monoisotopic (exact) mass is 271 g/mol. The first kappa shape index (κ1) is 12.0. The second kappa shape index (κ2) is 5.16. The van der Waals surface area contributed by atoms with E-state index in [0.29, 0.717) is 6.61 Å². The number of rotatable bonds is 4. The molecule has 1 rings (SSSR count). The second-order valence-electron chi connectivity index (χ2n) is 3.52. The number of halogens is 1. The summed E-state index contributed by atoms with van der Waals surface area (Å²) >= 11 is 3.37. The van der Waals surface area contributed by atoms with E-state index in [1.54, 1.807) is 6.92 Å². The minimum Gasteiger partial charge on any atom is -0.493 e. The van der Waals surface area contributed by atoms with E-state index >= 15 is 0 Å². The van der Waals surface area contributed by atoms with Gasteiger partial charge in [-0.2, -0.15) is 0 Å². The zero-order chi connectivity index (χ0) is 11.4. The number of hydrogen-bond donors (Lipinski definition) is 1. The van der Waals surface area contributed by atoms with Crippen LogP contribution in [0.3, 0.4) is 0 Å². The molecule has 0 saturated carbocycles. The molecule has 0 fully saturated rings. The quantitative estimate of drug-likeness (QED) is 0.914. The average Bonchev–Trinajstić information content (AvgIpc) is 2.15. The van der Waals surface area contributed by atoms with Gasteiger partial charge in [0.1, 0.15) is 5.75 Å². The molecule has 0 radical (unpaired) electrons. The second-order valence-corrected chi connectivity index (χ2v) is 4.44. The van der Waals surface area contributed by atoms with E-state index in [1.807, 2.05) is 25.1 Å². The smallest absolute Gasteiger partial charge is 0.223 e. The fourth-order valence-corrected chi connectivity index (χ4v) is 1.55. The van der Waals surface area contributed by atoms with Crippen LogP contribution >= 0.6 is 15.9 Å². The number of nitrogens with two attached hydrogens (primary N) is 1. The number of carbonyl (C=O) groups is 1. The van der Waals surface area contributed by atoms with Crippen molar-refractivity contribution in [3.05, 3.63) is 28.2 Å². The van der Waals surface area contributed by atoms with E-state index in [0.717, 1.165) is 15.8 Å². The van der Waals surface area contributed by atoms with Crippen LogP contribution in [-0.4, -0.2) is 12.5 Å². The van der Waals surface area contributed by atoms with Gasteiger partial charge in [0.05, 0.1) is 12.5 Å². The highest BCUT2D eigenvalue weighted by Gasteiger charge is 2.10. The number of aryl methyl sites for hydroxylation is 1. The molecular formula is C11H14BrNO2. The fourth-order valence-electron chi connectivity index (χ4n) is 1.07. The molecule has 1 atom stereocenters. The van der Waals surface area contributed by atoms with Crippen molar-refractivity contribution in [3.63, 3.8) is 0 Å². The molecule has 1 aromatic carbocycles. The highest BCUT2D eigenvalue weighted by molar-refractivity contribution is 9.10. The van der Waals surface area contributed by atoms with Crippen LogP contribution in [0.5, 0.6) is 5.75 Å². The van der Waals surface area contributed by atoms with Crippen molar-refractivity contribution in [1.82, 2.24) is 0 Å². The molecule has 0 aliphatic rings. The average molecular weight is 272 g/mol. The lowest BCUT2D eigenvalue weighted by molar-refractivity contribution is -0.122. The first-order valence-electron chi connectivity index (χ1n) is 4.69. The van der Waals surface area contributed by atoms with Crippen LogP contribution in [0.2, 0.25) is 0 Å². The van der Waals surface area contributed by atoms with Crippen molar-refractivity contribution in [3.8, 4) is 5.75 Å². The molecule has 82 valence electrons. The maximum atomic E-state index is 10.8. The lowest BCUT2D eigenvalue weighted by Crippen LogP contribution is -2.25. The Balaban J connectivity index is 2.62. The topological polar surface area (TPSA) is 52.3 Å². The summed E-state index contributed by atoms with van der Waals surface area (Å²) in [6.45, 7) is 4.02. The number of hydrogen-bond acceptors (Lipinski definition) is 2. The highest BCUT2D eigenvalue weighted by Crippen LogP contribution is 2.22. The Labute approximate surface area is 97.7 Å². The summed E-state index contributed by atoms with van der Waals surface area (Å²) < 4.78 is 6.50. The van der Waals surface area contributed by atoms with Crippen molar-refractivity contribution in [1.29, 1.82) is 0 Å². The first-order valence-corrected chi connectivity index (χ1v) is 5.48. The third kappa shape index (κ3) is 3.55. The van der Waals surface area contributed by atoms with Crippen molar-refractivity contribution in [2.45, 2.75) is 13.8 Å². The van der Waals surface area contributed by atoms with Crippen molar-refractivity contribution >= 4 is 21.8 Å². The van der Waals surface area contributed by atoms with Crippen LogP contribution in [0.4, 0.5) is 0 Å². The zero-order valence-electron chi connectivity index (χ0n) is 8.79. The molecule has 0 aliphatic heterocycles. The molecule has 1 amide bonds. The summed E-state index contributed by atoms with van der Waals surface area (Å²) in [6, 6.07) is 5.73. The van der Waals surface area contributed by atoms with Crippen molar-refractivity contribution in [2.24, 2.45) is 11.7 Å². The third-order valence-electron chi connectivity index (χ3n) is 2.11. The Morgan fingerprint density at radius 1 is 1.60 bits per heavy atom. The lowest BCUT2D eigenvalue weighted by Gasteiger charge is -2.12. The SMILES string of the molecule is Cc1cc(Br)ccc1OCC(C)C(N)=O. The Morgan fingerprint density at radius 2 is 2.27 bits per heavy atom. The summed E-state index contributed by atoms with van der Waals surface area (Å²) in [5, 5.41) is 0. The van der Waals surface area contributed by atoms with Gasteiger partial charge in [-0.15, -0.1) is 0 Å². The Morgan fingerprint density at radius 3 is 2.80 bits per heavy atom. The molecule has 0 heterocycles. The fraction of sp³-hybridized carbons (Fsp3) is 0.364. The lowest BCUT2D eigenvalue weighted by atomic mass is 10.2. The van der Waals surface area contributed by atoms with Gasteiger partial charge in [0, 0.05) is 4.47 Å². The first-order chi connectivity index (χ1) is 7.00. The van der Waals surface area contributed by atoms with E-state index < -0.39 is 0 Å². The predicted octanol–water partition coefficient (Wildman–Crippen LogP) is 2.26. The largest absolute Gasteiger partial charge is 0.493 e. The molecule has 0 bridgehead atoms. The summed E-state index contributed by atoms with van der Waals surface area (Å²) in [6.07, 6.45) is 0. The van der Waals surface area contributed by atoms with Crippen LogP contribution in [0.15, 0.2) is 22.7 Å². The van der Waals surface area contributed by atoms with Gasteiger partial charge in [-0.05, 0) is 30.7 Å². The van der Waals surface area contributed by atoms with Crippen LogP contribution in [0.25, 0.3) is 0 Å². The van der Waals surface area contributed by atoms with Crippen LogP contribution in [0.1, 0.15) is 12.5 Å². The number of benzene rings is 1. The Kier molecular flexibility index (Phi) is 4.15. The van der Waals surface area contributed by atoms with E-state index in [1.165, 1.54) is 0 Å². The van der Waals surface area contributed by atoms with Gasteiger partial charge >= 0.3 is 0 Å². The molecular weight excluding hydrogens is 258 g/mol. The molecule has 3 nitrogen and oxygen atoms in total. The zero-order valence-corrected chi connectivity index (χ0v) is 10.4. The molecule has 0 aliphatic carbocycles. The molecule has 1 unspecified atom stereocenters. The Hall–Kier alpha value is -1.03. The minimum absolute atomic E-state index is 0.270. The van der Waals surface area contributed by atoms with E-state index in [9.17, 15) is 4.79 Å². The number of amides is 1. The molecule has 15 heavy (non-hydrogen) atoms.